The van der Waals surface area contributed by atoms with E-state index in [0.717, 1.165) is 84.6 Å². The zero-order valence-corrected chi connectivity index (χ0v) is 17.0. The Bertz CT molecular complexity index is 409. The number of hydrogen-bond acceptors (Lipinski definition) is 5. The molecule has 3 saturated heterocycles. The Morgan fingerprint density at radius 2 is 1.12 bits per heavy atom. The lowest BCUT2D eigenvalue weighted by atomic mass is 10.3. The van der Waals surface area contributed by atoms with Crippen LogP contribution in [-0.4, -0.2) is 135 Å². The van der Waals surface area contributed by atoms with Gasteiger partial charge in [-0.3, -0.25) is 9.80 Å². The summed E-state index contributed by atoms with van der Waals surface area (Å²) in [6.07, 6.45) is 0. The summed E-state index contributed by atoms with van der Waals surface area (Å²) in [7, 11) is 6.59. The lowest BCUT2D eigenvalue weighted by molar-refractivity contribution is -0.556. The van der Waals surface area contributed by atoms with E-state index < -0.39 is 0 Å². The van der Waals surface area contributed by atoms with E-state index in [1.54, 1.807) is 0 Å². The largest absolute Gasteiger partial charge is 1.00 e. The van der Waals surface area contributed by atoms with Gasteiger partial charge >= 0.3 is 6.02 Å². The van der Waals surface area contributed by atoms with Crippen molar-refractivity contribution in [2.75, 3.05) is 99.7 Å². The summed E-state index contributed by atoms with van der Waals surface area (Å²) in [5.74, 6) is 0. The van der Waals surface area contributed by atoms with E-state index >= 15 is 0 Å². The summed E-state index contributed by atoms with van der Waals surface area (Å²) < 4.78 is 2.45. The number of nitrogens with zero attached hydrogens (tertiary/aromatic N) is 6. The third kappa shape index (κ3) is 5.29. The first-order chi connectivity index (χ1) is 11.1. The minimum absolute atomic E-state index is 0. The highest BCUT2D eigenvalue weighted by Gasteiger charge is 2.32. The monoisotopic (exact) mass is 404 g/mol. The van der Waals surface area contributed by atoms with E-state index in [4.69, 9.17) is 4.84 Å². The van der Waals surface area contributed by atoms with Crippen LogP contribution in [0.3, 0.4) is 0 Å². The second kappa shape index (κ2) is 9.33. The molecule has 0 radical (unpaired) electrons. The summed E-state index contributed by atoms with van der Waals surface area (Å²) in [5, 5.41) is 2.16. The highest BCUT2D eigenvalue weighted by atomic mass is 79.9. The third-order valence-corrected chi connectivity index (χ3v) is 5.22. The summed E-state index contributed by atoms with van der Waals surface area (Å²) in [5.41, 5.74) is 0. The van der Waals surface area contributed by atoms with Crippen molar-refractivity contribution >= 4 is 6.02 Å². The van der Waals surface area contributed by atoms with Crippen LogP contribution in [0.4, 0.5) is 0 Å². The van der Waals surface area contributed by atoms with E-state index in [-0.39, 0.29) is 17.0 Å². The van der Waals surface area contributed by atoms with Crippen molar-refractivity contribution < 1.29 is 26.4 Å². The molecule has 0 unspecified atom stereocenters. The number of hydrogen-bond donors (Lipinski definition) is 0. The van der Waals surface area contributed by atoms with Crippen LogP contribution in [0.25, 0.3) is 0 Å². The van der Waals surface area contributed by atoms with E-state index in [2.05, 4.69) is 50.4 Å². The maximum absolute atomic E-state index is 6.43. The van der Waals surface area contributed by atoms with Gasteiger partial charge in [-0.05, 0) is 21.1 Å². The smallest absolute Gasteiger partial charge is 0.465 e. The number of piperazine rings is 3. The third-order valence-electron chi connectivity index (χ3n) is 5.22. The molecule has 0 saturated carbocycles. The maximum atomic E-state index is 6.43. The van der Waals surface area contributed by atoms with Gasteiger partial charge in [-0.2, -0.15) is 0 Å². The second-order valence-corrected chi connectivity index (χ2v) is 7.19. The van der Waals surface area contributed by atoms with E-state index in [1.807, 2.05) is 0 Å². The van der Waals surface area contributed by atoms with Crippen molar-refractivity contribution in [1.29, 1.82) is 0 Å². The fourth-order valence-electron chi connectivity index (χ4n) is 3.31. The van der Waals surface area contributed by atoms with Crippen LogP contribution < -0.4 is 17.0 Å². The van der Waals surface area contributed by atoms with Crippen molar-refractivity contribution in [2.24, 2.45) is 0 Å². The average molecular weight is 405 g/mol. The predicted molar refractivity (Wildman–Crippen MR) is 91.7 cm³/mol. The van der Waals surface area contributed by atoms with Gasteiger partial charge in [0.2, 0.25) is 0 Å². The molecular formula is C16H33BrN6O. The minimum atomic E-state index is 0. The van der Waals surface area contributed by atoms with Crippen LogP contribution >= 0.6 is 0 Å². The van der Waals surface area contributed by atoms with Crippen molar-refractivity contribution in [3.63, 3.8) is 0 Å². The van der Waals surface area contributed by atoms with Crippen LogP contribution in [0.1, 0.15) is 0 Å². The Morgan fingerprint density at radius 1 is 0.667 bits per heavy atom. The molecule has 0 spiro atoms. The fraction of sp³-hybridized carbons (Fsp3) is 0.938. The first-order valence-electron chi connectivity index (χ1n) is 8.97. The molecule has 3 heterocycles. The van der Waals surface area contributed by atoms with Crippen LogP contribution in [-0.2, 0) is 4.84 Å². The Hall–Kier alpha value is -0.410. The summed E-state index contributed by atoms with van der Waals surface area (Å²) in [6.45, 7) is 12.8. The predicted octanol–water partition coefficient (Wildman–Crippen LogP) is -4.27. The van der Waals surface area contributed by atoms with Gasteiger partial charge in [-0.1, -0.05) is 0 Å². The number of amidine groups is 1. The highest BCUT2D eigenvalue weighted by Crippen LogP contribution is 2.08. The second-order valence-electron chi connectivity index (χ2n) is 7.19. The Balaban J connectivity index is 0.00000208. The minimum Gasteiger partial charge on any atom is -1.00 e. The molecule has 0 aromatic carbocycles. The van der Waals surface area contributed by atoms with E-state index in [9.17, 15) is 0 Å². The van der Waals surface area contributed by atoms with Crippen molar-refractivity contribution in [1.82, 2.24) is 24.7 Å². The zero-order valence-electron chi connectivity index (χ0n) is 15.5. The zero-order chi connectivity index (χ0) is 16.2. The fourth-order valence-corrected chi connectivity index (χ4v) is 3.31. The normalized spacial score (nSPS) is 25.5. The molecule has 0 aromatic heterocycles. The number of halogens is 1. The van der Waals surface area contributed by atoms with Gasteiger partial charge in [-0.15, -0.1) is 5.06 Å². The van der Waals surface area contributed by atoms with Gasteiger partial charge in [0.15, 0.2) is 0 Å². The molecule has 0 amide bonds. The Labute approximate surface area is 157 Å². The van der Waals surface area contributed by atoms with Crippen LogP contribution in [0.15, 0.2) is 0 Å². The number of hydroxylamine groups is 2. The Morgan fingerprint density at radius 3 is 1.67 bits per heavy atom. The van der Waals surface area contributed by atoms with Crippen molar-refractivity contribution in [2.45, 2.75) is 0 Å². The van der Waals surface area contributed by atoms with Crippen molar-refractivity contribution in [3.05, 3.63) is 0 Å². The molecule has 0 atom stereocenters. The average Bonchev–Trinajstić information content (AvgIpc) is 2.56. The first-order valence-corrected chi connectivity index (χ1v) is 8.97. The standard InChI is InChI=1S/C16H33N6O.BrH/c1-17-4-10-20(11-5-17)16(21-12-6-18(2)7-13-21)23-22-14-8-19(3)9-15-22;/h4-15H2,1-3H3;1H/q+1;/p-1. The van der Waals surface area contributed by atoms with Crippen LogP contribution in [0.2, 0.25) is 0 Å². The molecule has 140 valence electrons. The van der Waals surface area contributed by atoms with Crippen LogP contribution in [0, 0.1) is 0 Å². The first kappa shape index (κ1) is 19.9. The number of likely N-dealkylation sites (N-methyl/N-ethyl adjacent to an activating group) is 3. The van der Waals surface area contributed by atoms with Gasteiger partial charge < -0.3 is 26.7 Å². The van der Waals surface area contributed by atoms with Gasteiger partial charge in [0.25, 0.3) is 0 Å². The quantitative estimate of drug-likeness (QED) is 0.324. The lowest BCUT2D eigenvalue weighted by Crippen LogP contribution is -3.00. The SMILES string of the molecule is CN1CCN(OC(N2CCN(C)CC2)=[N+]2CCN(C)CC2)CC1.[Br-]. The summed E-state index contributed by atoms with van der Waals surface area (Å²) in [6, 6.07) is 1.09. The molecule has 3 fully saturated rings. The Kier molecular flexibility index (Phi) is 7.74. The molecular weight excluding hydrogens is 372 g/mol. The molecule has 0 N–H and O–H groups in total. The lowest BCUT2D eigenvalue weighted by Gasteiger charge is -2.35. The van der Waals surface area contributed by atoms with Gasteiger partial charge in [-0.25, -0.2) is 9.48 Å². The molecule has 3 aliphatic rings. The molecule has 8 heteroatoms. The van der Waals surface area contributed by atoms with E-state index in [0.29, 0.717) is 0 Å². The molecule has 0 aromatic rings. The molecule has 7 nitrogen and oxygen atoms in total. The van der Waals surface area contributed by atoms with Gasteiger partial charge in [0.05, 0.1) is 0 Å². The molecule has 0 aliphatic carbocycles. The maximum Gasteiger partial charge on any atom is 0.465 e. The molecule has 0 bridgehead atoms. The van der Waals surface area contributed by atoms with Crippen LogP contribution in [0.5, 0.6) is 0 Å². The molecule has 3 rings (SSSR count). The molecule has 24 heavy (non-hydrogen) atoms. The number of rotatable bonds is 1. The summed E-state index contributed by atoms with van der Waals surface area (Å²) >= 11 is 0. The highest BCUT2D eigenvalue weighted by molar-refractivity contribution is 5.68. The topological polar surface area (TPSA) is 28.4 Å². The van der Waals surface area contributed by atoms with Gasteiger partial charge in [0.1, 0.15) is 26.2 Å². The summed E-state index contributed by atoms with van der Waals surface area (Å²) in [4.78, 5) is 16.0. The van der Waals surface area contributed by atoms with E-state index in [1.165, 1.54) is 0 Å². The van der Waals surface area contributed by atoms with Gasteiger partial charge in [0, 0.05) is 52.4 Å². The van der Waals surface area contributed by atoms with Crippen molar-refractivity contribution in [3.8, 4) is 0 Å². The molecule has 3 aliphatic heterocycles.